The highest BCUT2D eigenvalue weighted by molar-refractivity contribution is 5.90. The first-order valence-electron chi connectivity index (χ1n) is 9.55. The number of alkyl carbamates (subject to hydrolysis) is 1. The van der Waals surface area contributed by atoms with Crippen LogP contribution in [0.3, 0.4) is 0 Å². The van der Waals surface area contributed by atoms with E-state index in [0.717, 1.165) is 11.1 Å². The van der Waals surface area contributed by atoms with Crippen molar-refractivity contribution < 1.29 is 33.8 Å². The summed E-state index contributed by atoms with van der Waals surface area (Å²) >= 11 is 0. The van der Waals surface area contributed by atoms with Gasteiger partial charge in [-0.2, -0.15) is 0 Å². The zero-order valence-corrected chi connectivity index (χ0v) is 16.9. The molecule has 31 heavy (non-hydrogen) atoms. The molecular weight excluding hydrogens is 404 g/mol. The van der Waals surface area contributed by atoms with Crippen LogP contribution in [0.5, 0.6) is 0 Å². The molecule has 0 saturated carbocycles. The third-order valence-electron chi connectivity index (χ3n) is 4.17. The molecule has 2 amide bonds. The van der Waals surface area contributed by atoms with E-state index in [9.17, 15) is 24.3 Å². The molecule has 164 valence electrons. The summed E-state index contributed by atoms with van der Waals surface area (Å²) in [5.41, 5.74) is 1.52. The predicted molar refractivity (Wildman–Crippen MR) is 110 cm³/mol. The number of hydrogen-bond donors (Lipinski definition) is 3. The van der Waals surface area contributed by atoms with Crippen molar-refractivity contribution in [3.8, 4) is 0 Å². The van der Waals surface area contributed by atoms with E-state index in [1.807, 2.05) is 12.1 Å². The van der Waals surface area contributed by atoms with E-state index >= 15 is 0 Å². The molecule has 0 heterocycles. The maximum Gasteiger partial charge on any atom is 0.408 e. The maximum absolute atomic E-state index is 12.2. The number of rotatable bonds is 10. The summed E-state index contributed by atoms with van der Waals surface area (Å²) in [5, 5.41) is 13.8. The zero-order valence-electron chi connectivity index (χ0n) is 16.9. The van der Waals surface area contributed by atoms with Crippen LogP contribution in [0.1, 0.15) is 24.5 Å². The number of benzene rings is 2. The molecule has 0 aromatic heterocycles. The summed E-state index contributed by atoms with van der Waals surface area (Å²) in [5.74, 6) is -2.96. The Balaban J connectivity index is 1.78. The van der Waals surface area contributed by atoms with Crippen LogP contribution in [0, 0.1) is 0 Å². The second-order valence-electron chi connectivity index (χ2n) is 6.68. The van der Waals surface area contributed by atoms with E-state index in [1.54, 1.807) is 48.5 Å². The third-order valence-corrected chi connectivity index (χ3v) is 4.17. The van der Waals surface area contributed by atoms with Crippen LogP contribution in [-0.4, -0.2) is 41.1 Å². The first kappa shape index (κ1) is 23.4. The van der Waals surface area contributed by atoms with Gasteiger partial charge in [-0.15, -0.1) is 0 Å². The Morgan fingerprint density at radius 2 is 1.35 bits per heavy atom. The fraction of sp³-hybridized carbons (Fsp3) is 0.273. The number of carboxylic acids is 1. The van der Waals surface area contributed by atoms with E-state index in [1.165, 1.54) is 6.92 Å². The molecule has 0 radical (unpaired) electrons. The molecule has 0 bridgehead atoms. The largest absolute Gasteiger partial charge is 0.480 e. The molecule has 0 aliphatic heterocycles. The Bertz CT molecular complexity index is 887. The van der Waals surface area contributed by atoms with Gasteiger partial charge in [-0.25, -0.2) is 9.59 Å². The topological polar surface area (TPSA) is 131 Å². The highest BCUT2D eigenvalue weighted by atomic mass is 16.5. The van der Waals surface area contributed by atoms with Crippen LogP contribution in [0.4, 0.5) is 4.79 Å². The van der Waals surface area contributed by atoms with Gasteiger partial charge in [0.1, 0.15) is 25.3 Å². The average molecular weight is 428 g/mol. The van der Waals surface area contributed by atoms with Gasteiger partial charge >= 0.3 is 18.0 Å². The van der Waals surface area contributed by atoms with E-state index in [-0.39, 0.29) is 13.2 Å². The molecule has 3 N–H and O–H groups in total. The highest BCUT2D eigenvalue weighted by Crippen LogP contribution is 2.04. The number of carboxylic acid groups (broad SMARTS) is 1. The molecule has 9 nitrogen and oxygen atoms in total. The maximum atomic E-state index is 12.2. The van der Waals surface area contributed by atoms with Gasteiger partial charge in [0.25, 0.3) is 0 Å². The minimum atomic E-state index is -1.50. The lowest BCUT2D eigenvalue weighted by Gasteiger charge is -2.18. The number of hydrogen-bond acceptors (Lipinski definition) is 6. The standard InChI is InChI=1S/C22H24N2O7/c1-15(23-22(29)31-14-17-10-6-3-7-11-17)20(26)24-18(21(27)28)12-19(25)30-13-16-8-4-2-5-9-16/h2-11,15,18H,12-14H2,1H3,(H,23,29)(H,24,26)(H,27,28)/t15?,18-/m0/s1. The summed E-state index contributed by atoms with van der Waals surface area (Å²) in [6, 6.07) is 15.3. The Morgan fingerprint density at radius 1 is 0.839 bits per heavy atom. The Morgan fingerprint density at radius 3 is 1.87 bits per heavy atom. The molecule has 0 aliphatic carbocycles. The fourth-order valence-electron chi connectivity index (χ4n) is 2.47. The summed E-state index contributed by atoms with van der Waals surface area (Å²) in [4.78, 5) is 47.4. The lowest BCUT2D eigenvalue weighted by atomic mass is 10.2. The van der Waals surface area contributed by atoms with Crippen molar-refractivity contribution >= 4 is 23.9 Å². The molecule has 2 atom stereocenters. The van der Waals surface area contributed by atoms with Gasteiger partial charge in [0.05, 0.1) is 6.42 Å². The number of carbonyl (C=O) groups is 4. The van der Waals surface area contributed by atoms with Crippen LogP contribution >= 0.6 is 0 Å². The van der Waals surface area contributed by atoms with Gasteiger partial charge in [0, 0.05) is 0 Å². The molecule has 0 spiro atoms. The van der Waals surface area contributed by atoms with E-state index in [0.29, 0.717) is 0 Å². The first-order chi connectivity index (χ1) is 14.8. The van der Waals surface area contributed by atoms with E-state index in [4.69, 9.17) is 9.47 Å². The SMILES string of the molecule is CC(NC(=O)OCc1ccccc1)C(=O)N[C@@H](CC(=O)OCc1ccccc1)C(=O)O. The third kappa shape index (κ3) is 8.57. The second kappa shape index (κ2) is 12.0. The molecular formula is C22H24N2O7. The Labute approximate surface area is 179 Å². The van der Waals surface area contributed by atoms with Crippen LogP contribution in [0.25, 0.3) is 0 Å². The van der Waals surface area contributed by atoms with Crippen molar-refractivity contribution in [3.63, 3.8) is 0 Å². The van der Waals surface area contributed by atoms with Gasteiger partial charge < -0.3 is 25.2 Å². The van der Waals surface area contributed by atoms with E-state index < -0.39 is 42.4 Å². The van der Waals surface area contributed by atoms with E-state index in [2.05, 4.69) is 10.6 Å². The normalized spacial score (nSPS) is 12.2. The van der Waals surface area contributed by atoms with Gasteiger partial charge in [-0.3, -0.25) is 9.59 Å². The fourth-order valence-corrected chi connectivity index (χ4v) is 2.47. The Kier molecular flexibility index (Phi) is 9.03. The number of amides is 2. The minimum absolute atomic E-state index is 0.00876. The summed E-state index contributed by atoms with van der Waals surface area (Å²) in [6.07, 6.45) is -1.39. The van der Waals surface area contributed by atoms with Gasteiger partial charge in [0.15, 0.2) is 0 Å². The Hall–Kier alpha value is -3.88. The van der Waals surface area contributed by atoms with Crippen molar-refractivity contribution in [2.75, 3.05) is 0 Å². The van der Waals surface area contributed by atoms with Crippen LogP contribution in [0.2, 0.25) is 0 Å². The molecule has 2 aromatic carbocycles. The summed E-state index contributed by atoms with van der Waals surface area (Å²) < 4.78 is 10.1. The van der Waals surface area contributed by atoms with Gasteiger partial charge in [0.2, 0.25) is 5.91 Å². The molecule has 0 fully saturated rings. The number of ether oxygens (including phenoxy) is 2. The quantitative estimate of drug-likeness (QED) is 0.493. The number of aliphatic carboxylic acids is 1. The van der Waals surface area contributed by atoms with Crippen molar-refractivity contribution in [1.82, 2.24) is 10.6 Å². The van der Waals surface area contributed by atoms with Crippen LogP contribution in [0.15, 0.2) is 60.7 Å². The lowest BCUT2D eigenvalue weighted by molar-refractivity contribution is -0.151. The van der Waals surface area contributed by atoms with Crippen LogP contribution < -0.4 is 10.6 Å². The summed E-state index contributed by atoms with van der Waals surface area (Å²) in [6.45, 7) is 1.38. The molecule has 2 rings (SSSR count). The van der Waals surface area contributed by atoms with Gasteiger partial charge in [-0.05, 0) is 18.1 Å². The van der Waals surface area contributed by atoms with Crippen molar-refractivity contribution in [2.24, 2.45) is 0 Å². The van der Waals surface area contributed by atoms with Crippen molar-refractivity contribution in [2.45, 2.75) is 38.6 Å². The molecule has 2 aromatic rings. The molecule has 1 unspecified atom stereocenters. The zero-order chi connectivity index (χ0) is 22.6. The molecule has 0 aliphatic rings. The summed E-state index contributed by atoms with van der Waals surface area (Å²) in [7, 11) is 0. The number of esters is 1. The monoisotopic (exact) mass is 428 g/mol. The van der Waals surface area contributed by atoms with Gasteiger partial charge in [-0.1, -0.05) is 60.7 Å². The number of carbonyl (C=O) groups excluding carboxylic acids is 3. The smallest absolute Gasteiger partial charge is 0.408 e. The number of nitrogens with one attached hydrogen (secondary N) is 2. The molecule has 0 saturated heterocycles. The predicted octanol–water partition coefficient (Wildman–Crippen LogP) is 2.00. The first-order valence-corrected chi connectivity index (χ1v) is 9.55. The van der Waals surface area contributed by atoms with Crippen LogP contribution in [-0.2, 0) is 37.1 Å². The lowest BCUT2D eigenvalue weighted by Crippen LogP contribution is -2.51. The average Bonchev–Trinajstić information content (AvgIpc) is 2.77. The highest BCUT2D eigenvalue weighted by Gasteiger charge is 2.27. The second-order valence-corrected chi connectivity index (χ2v) is 6.68. The minimum Gasteiger partial charge on any atom is -0.480 e. The van der Waals surface area contributed by atoms with Crippen molar-refractivity contribution in [3.05, 3.63) is 71.8 Å². The van der Waals surface area contributed by atoms with Crippen molar-refractivity contribution in [1.29, 1.82) is 0 Å². The molecule has 9 heteroatoms.